The Morgan fingerprint density at radius 1 is 1.41 bits per heavy atom. The molecule has 7 heteroatoms. The third-order valence-corrected chi connectivity index (χ3v) is 3.27. The van der Waals surface area contributed by atoms with Crippen LogP contribution in [0, 0.1) is 0 Å². The summed E-state index contributed by atoms with van der Waals surface area (Å²) in [7, 11) is 0. The second-order valence-corrected chi connectivity index (χ2v) is 4.35. The molecule has 0 aromatic carbocycles. The molecule has 0 saturated carbocycles. The van der Waals surface area contributed by atoms with Crippen molar-refractivity contribution in [3.05, 3.63) is 27.6 Å². The molecule has 2 N–H and O–H groups in total. The summed E-state index contributed by atoms with van der Waals surface area (Å²) in [5.74, 6) is 0.00191. The van der Waals surface area contributed by atoms with Crippen LogP contribution in [0.5, 0.6) is 0 Å². The van der Waals surface area contributed by atoms with E-state index >= 15 is 0 Å². The van der Waals surface area contributed by atoms with Crippen LogP contribution < -0.4 is 10.6 Å². The van der Waals surface area contributed by atoms with Gasteiger partial charge in [-0.2, -0.15) is 0 Å². The number of anilines is 1. The van der Waals surface area contributed by atoms with Crippen molar-refractivity contribution in [3.63, 3.8) is 0 Å². The van der Waals surface area contributed by atoms with E-state index in [1.165, 1.54) is 6.33 Å². The van der Waals surface area contributed by atoms with Gasteiger partial charge in [0.1, 0.15) is 11.3 Å². The fourth-order valence-electron chi connectivity index (χ4n) is 1.31. The summed E-state index contributed by atoms with van der Waals surface area (Å²) in [5.41, 5.74) is 1.76. The van der Waals surface area contributed by atoms with Crippen molar-refractivity contribution in [2.75, 3.05) is 18.4 Å². The molecule has 1 aromatic rings. The van der Waals surface area contributed by atoms with E-state index in [2.05, 4.69) is 20.6 Å². The molecule has 1 aliphatic heterocycles. The molecule has 2 heterocycles. The maximum absolute atomic E-state index is 11.9. The first kappa shape index (κ1) is 12.3. The van der Waals surface area contributed by atoms with Crippen LogP contribution in [0.1, 0.15) is 6.92 Å². The van der Waals surface area contributed by atoms with Crippen molar-refractivity contribution in [3.8, 4) is 0 Å². The van der Waals surface area contributed by atoms with Crippen LogP contribution in [0.25, 0.3) is 0 Å². The summed E-state index contributed by atoms with van der Waals surface area (Å²) in [5, 5.41) is 5.94. The summed E-state index contributed by atoms with van der Waals surface area (Å²) in [4.78, 5) is 19.4. The Kier molecular flexibility index (Phi) is 3.61. The lowest BCUT2D eigenvalue weighted by Crippen LogP contribution is -2.36. The van der Waals surface area contributed by atoms with Crippen molar-refractivity contribution < 1.29 is 4.79 Å². The highest BCUT2D eigenvalue weighted by Gasteiger charge is 2.17. The number of halogens is 2. The SMILES string of the molecule is CC(C(=O)Nc1ncnc(Cl)c1Cl)=C1CNC1. The van der Waals surface area contributed by atoms with Crippen LogP contribution in [-0.2, 0) is 4.79 Å². The first-order valence-corrected chi connectivity index (χ1v) is 5.72. The minimum absolute atomic E-state index is 0.118. The molecule has 1 saturated heterocycles. The second kappa shape index (κ2) is 5.00. The highest BCUT2D eigenvalue weighted by atomic mass is 35.5. The van der Waals surface area contributed by atoms with E-state index < -0.39 is 0 Å². The Morgan fingerprint density at radius 3 is 2.71 bits per heavy atom. The Labute approximate surface area is 108 Å². The first-order valence-electron chi connectivity index (χ1n) is 4.96. The summed E-state index contributed by atoms with van der Waals surface area (Å²) in [6.07, 6.45) is 1.25. The number of carbonyl (C=O) groups is 1. The molecular formula is C10H10Cl2N4O. The molecule has 0 radical (unpaired) electrons. The summed E-state index contributed by atoms with van der Waals surface area (Å²) >= 11 is 11.6. The number of carbonyl (C=O) groups excluding carboxylic acids is 1. The largest absolute Gasteiger partial charge is 0.309 e. The normalized spacial score (nSPS) is 14.2. The number of nitrogens with zero attached hydrogens (tertiary/aromatic N) is 2. The van der Waals surface area contributed by atoms with E-state index in [0.717, 1.165) is 18.7 Å². The average molecular weight is 273 g/mol. The fraction of sp³-hybridized carbons (Fsp3) is 0.300. The minimum Gasteiger partial charge on any atom is -0.309 e. The summed E-state index contributed by atoms with van der Waals surface area (Å²) in [6.45, 7) is 3.26. The zero-order valence-corrected chi connectivity index (χ0v) is 10.6. The van der Waals surface area contributed by atoms with Crippen molar-refractivity contribution in [1.82, 2.24) is 15.3 Å². The van der Waals surface area contributed by atoms with E-state index in [1.54, 1.807) is 6.92 Å². The van der Waals surface area contributed by atoms with Gasteiger partial charge in [0.25, 0.3) is 5.91 Å². The Morgan fingerprint density at radius 2 is 2.12 bits per heavy atom. The number of hydrogen-bond acceptors (Lipinski definition) is 4. The quantitative estimate of drug-likeness (QED) is 0.635. The van der Waals surface area contributed by atoms with Gasteiger partial charge in [-0.3, -0.25) is 4.79 Å². The molecule has 1 aromatic heterocycles. The van der Waals surface area contributed by atoms with E-state index in [1.807, 2.05) is 0 Å². The topological polar surface area (TPSA) is 66.9 Å². The van der Waals surface area contributed by atoms with Crippen LogP contribution in [0.2, 0.25) is 10.2 Å². The highest BCUT2D eigenvalue weighted by Crippen LogP contribution is 2.25. The van der Waals surface area contributed by atoms with E-state index in [-0.39, 0.29) is 21.9 Å². The lowest BCUT2D eigenvalue weighted by molar-refractivity contribution is -0.112. The molecule has 2 rings (SSSR count). The van der Waals surface area contributed by atoms with Crippen LogP contribution >= 0.6 is 23.2 Å². The molecule has 1 aliphatic rings. The molecule has 17 heavy (non-hydrogen) atoms. The van der Waals surface area contributed by atoms with Gasteiger partial charge in [-0.25, -0.2) is 9.97 Å². The molecule has 0 aliphatic carbocycles. The molecular weight excluding hydrogens is 263 g/mol. The molecule has 90 valence electrons. The smallest absolute Gasteiger partial charge is 0.252 e. The van der Waals surface area contributed by atoms with Crippen molar-refractivity contribution in [1.29, 1.82) is 0 Å². The van der Waals surface area contributed by atoms with Gasteiger partial charge >= 0.3 is 0 Å². The number of nitrogens with one attached hydrogen (secondary N) is 2. The van der Waals surface area contributed by atoms with E-state index in [9.17, 15) is 4.79 Å². The molecule has 1 amide bonds. The van der Waals surface area contributed by atoms with Crippen LogP contribution in [0.3, 0.4) is 0 Å². The van der Waals surface area contributed by atoms with Gasteiger partial charge in [0.05, 0.1) is 0 Å². The number of aromatic nitrogens is 2. The Bertz CT molecular complexity index is 495. The minimum atomic E-state index is -0.224. The molecule has 5 nitrogen and oxygen atoms in total. The number of amides is 1. The zero-order valence-electron chi connectivity index (χ0n) is 9.05. The van der Waals surface area contributed by atoms with Gasteiger partial charge in [0.15, 0.2) is 11.0 Å². The number of rotatable bonds is 2. The lowest BCUT2D eigenvalue weighted by atomic mass is 10.0. The predicted octanol–water partition coefficient (Wildman–Crippen LogP) is 1.64. The third kappa shape index (κ3) is 2.57. The molecule has 0 unspecified atom stereocenters. The monoisotopic (exact) mass is 272 g/mol. The van der Waals surface area contributed by atoms with Crippen LogP contribution in [-0.4, -0.2) is 29.0 Å². The number of hydrogen-bond donors (Lipinski definition) is 2. The Hall–Kier alpha value is -1.17. The van der Waals surface area contributed by atoms with Gasteiger partial charge in [-0.15, -0.1) is 0 Å². The van der Waals surface area contributed by atoms with Gasteiger partial charge < -0.3 is 10.6 Å². The molecule has 0 atom stereocenters. The maximum atomic E-state index is 11.9. The first-order chi connectivity index (χ1) is 8.09. The van der Waals surface area contributed by atoms with E-state index in [4.69, 9.17) is 23.2 Å². The average Bonchev–Trinajstić information content (AvgIpc) is 2.22. The van der Waals surface area contributed by atoms with Gasteiger partial charge in [0.2, 0.25) is 0 Å². The van der Waals surface area contributed by atoms with Gasteiger partial charge in [0, 0.05) is 18.7 Å². The fourth-order valence-corrected chi connectivity index (χ4v) is 1.59. The molecule has 1 fully saturated rings. The van der Waals surface area contributed by atoms with Crippen molar-refractivity contribution in [2.24, 2.45) is 0 Å². The predicted molar refractivity (Wildman–Crippen MR) is 66.3 cm³/mol. The van der Waals surface area contributed by atoms with Gasteiger partial charge in [-0.05, 0) is 12.5 Å². The van der Waals surface area contributed by atoms with Crippen molar-refractivity contribution in [2.45, 2.75) is 6.92 Å². The highest BCUT2D eigenvalue weighted by molar-refractivity contribution is 6.43. The summed E-state index contributed by atoms with van der Waals surface area (Å²) < 4.78 is 0. The van der Waals surface area contributed by atoms with E-state index in [0.29, 0.717) is 5.57 Å². The zero-order chi connectivity index (χ0) is 12.4. The second-order valence-electron chi connectivity index (χ2n) is 3.61. The third-order valence-electron chi connectivity index (χ3n) is 2.53. The standard InChI is InChI=1S/C10H10Cl2N4O/c1-5(6-2-13-3-6)10(17)16-9-7(11)8(12)14-4-15-9/h4,13H,2-3H2,1H3,(H,14,15,16,17). The summed E-state index contributed by atoms with van der Waals surface area (Å²) in [6, 6.07) is 0. The maximum Gasteiger partial charge on any atom is 0.252 e. The molecule has 0 bridgehead atoms. The lowest BCUT2D eigenvalue weighted by Gasteiger charge is -2.21. The van der Waals surface area contributed by atoms with Gasteiger partial charge in [-0.1, -0.05) is 23.2 Å². The molecule has 0 spiro atoms. The van der Waals surface area contributed by atoms with Crippen LogP contribution in [0.15, 0.2) is 17.5 Å². The van der Waals surface area contributed by atoms with Crippen molar-refractivity contribution >= 4 is 34.9 Å². The Balaban J connectivity index is 2.16. The van der Waals surface area contributed by atoms with Crippen LogP contribution in [0.4, 0.5) is 5.82 Å².